The quantitative estimate of drug-likeness (QED) is 0.326. The molecule has 1 aliphatic rings. The van der Waals surface area contributed by atoms with Crippen LogP contribution in [0.2, 0.25) is 0 Å². The molecular weight excluding hydrogens is 470 g/mol. The monoisotopic (exact) mass is 499 g/mol. The number of rotatable bonds is 8. The van der Waals surface area contributed by atoms with Crippen molar-refractivity contribution in [3.63, 3.8) is 0 Å². The van der Waals surface area contributed by atoms with Gasteiger partial charge in [-0.1, -0.05) is 35.5 Å². The lowest BCUT2D eigenvalue weighted by Gasteiger charge is -2.27. The lowest BCUT2D eigenvalue weighted by Crippen LogP contribution is -2.29. The minimum Gasteiger partial charge on any atom is -0.489 e. The number of nitrogens with zero attached hydrogens (tertiary/aromatic N) is 4. The number of carbonyl (C=O) groups is 1. The van der Waals surface area contributed by atoms with Gasteiger partial charge >= 0.3 is 5.97 Å². The zero-order chi connectivity index (χ0) is 25.8. The van der Waals surface area contributed by atoms with E-state index < -0.39 is 5.97 Å². The van der Waals surface area contributed by atoms with Gasteiger partial charge in [0, 0.05) is 23.4 Å². The summed E-state index contributed by atoms with van der Waals surface area (Å²) in [6, 6.07) is 15.6. The van der Waals surface area contributed by atoms with Gasteiger partial charge in [-0.2, -0.15) is 0 Å². The Morgan fingerprint density at radius 3 is 2.70 bits per heavy atom. The number of aliphatic carboxylic acids is 1. The largest absolute Gasteiger partial charge is 0.489 e. The first-order chi connectivity index (χ1) is 18.0. The van der Waals surface area contributed by atoms with Crippen LogP contribution in [0.3, 0.4) is 0 Å². The van der Waals surface area contributed by atoms with Gasteiger partial charge in [0.2, 0.25) is 5.95 Å². The number of nitrogens with one attached hydrogen (secondary N) is 1. The number of pyridine rings is 1. The molecule has 0 radical (unpaired) electrons. The van der Waals surface area contributed by atoms with Crippen LogP contribution in [0.4, 0.5) is 5.95 Å². The van der Waals surface area contributed by atoms with Crippen LogP contribution >= 0.6 is 0 Å². The topological polar surface area (TPSA) is 123 Å². The zero-order valence-electron chi connectivity index (χ0n) is 20.8. The summed E-state index contributed by atoms with van der Waals surface area (Å²) < 4.78 is 11.6. The number of hydrogen-bond acceptors (Lipinski definition) is 8. The van der Waals surface area contributed by atoms with E-state index in [4.69, 9.17) is 9.26 Å². The van der Waals surface area contributed by atoms with Gasteiger partial charge in [-0.25, -0.2) is 15.0 Å². The SMILES string of the molecule is Cc1cc(-c2ccccc2)nc(NCc2c(C)noc2-c2ccc(O[C@H]3CCC[C@H](C(=O)O)C3)cn2)n1. The summed E-state index contributed by atoms with van der Waals surface area (Å²) >= 11 is 0. The molecule has 1 saturated carbocycles. The van der Waals surface area contributed by atoms with Crippen molar-refractivity contribution in [2.24, 2.45) is 5.92 Å². The first kappa shape index (κ1) is 24.4. The van der Waals surface area contributed by atoms with Crippen molar-refractivity contribution < 1.29 is 19.2 Å². The van der Waals surface area contributed by atoms with Crippen LogP contribution in [0.5, 0.6) is 5.75 Å². The van der Waals surface area contributed by atoms with E-state index in [9.17, 15) is 9.90 Å². The molecule has 2 N–H and O–H groups in total. The van der Waals surface area contributed by atoms with Crippen molar-refractivity contribution in [1.29, 1.82) is 0 Å². The molecule has 0 bridgehead atoms. The highest BCUT2D eigenvalue weighted by atomic mass is 16.5. The van der Waals surface area contributed by atoms with E-state index in [1.165, 1.54) is 0 Å². The number of benzene rings is 1. The molecule has 4 aromatic rings. The highest BCUT2D eigenvalue weighted by molar-refractivity contribution is 5.70. The van der Waals surface area contributed by atoms with Crippen LogP contribution < -0.4 is 10.1 Å². The maximum absolute atomic E-state index is 11.3. The third kappa shape index (κ3) is 5.77. The molecule has 190 valence electrons. The number of carboxylic acid groups (broad SMARTS) is 1. The van der Waals surface area contributed by atoms with Crippen molar-refractivity contribution >= 4 is 11.9 Å². The van der Waals surface area contributed by atoms with E-state index in [0.29, 0.717) is 42.5 Å². The van der Waals surface area contributed by atoms with Crippen molar-refractivity contribution in [1.82, 2.24) is 20.1 Å². The summed E-state index contributed by atoms with van der Waals surface area (Å²) in [5.74, 6) is 0.595. The minimum atomic E-state index is -0.754. The fourth-order valence-corrected chi connectivity index (χ4v) is 4.62. The molecule has 3 aromatic heterocycles. The average Bonchev–Trinajstić information content (AvgIpc) is 3.28. The van der Waals surface area contributed by atoms with Crippen molar-refractivity contribution in [2.75, 3.05) is 5.32 Å². The molecule has 9 heteroatoms. The molecule has 3 heterocycles. The number of aryl methyl sites for hydroxylation is 2. The van der Waals surface area contributed by atoms with E-state index in [1.54, 1.807) is 6.20 Å². The first-order valence-electron chi connectivity index (χ1n) is 12.4. The molecule has 0 aliphatic heterocycles. The van der Waals surface area contributed by atoms with Gasteiger partial charge in [0.25, 0.3) is 0 Å². The van der Waals surface area contributed by atoms with Gasteiger partial charge < -0.3 is 19.7 Å². The average molecular weight is 500 g/mol. The Bertz CT molecular complexity index is 1370. The molecule has 2 atom stereocenters. The number of anilines is 1. The third-order valence-corrected chi connectivity index (χ3v) is 6.58. The second-order valence-corrected chi connectivity index (χ2v) is 9.33. The van der Waals surface area contributed by atoms with Gasteiger partial charge in [0.05, 0.1) is 29.6 Å². The lowest BCUT2D eigenvalue weighted by atomic mass is 9.87. The molecular formula is C28H29N5O4. The maximum Gasteiger partial charge on any atom is 0.306 e. The summed E-state index contributed by atoms with van der Waals surface area (Å²) in [7, 11) is 0. The van der Waals surface area contributed by atoms with E-state index >= 15 is 0 Å². The Morgan fingerprint density at radius 1 is 1.11 bits per heavy atom. The van der Waals surface area contributed by atoms with E-state index in [2.05, 4.69) is 25.4 Å². The summed E-state index contributed by atoms with van der Waals surface area (Å²) in [4.78, 5) is 25.1. The lowest BCUT2D eigenvalue weighted by molar-refractivity contribution is -0.143. The second-order valence-electron chi connectivity index (χ2n) is 9.33. The first-order valence-corrected chi connectivity index (χ1v) is 12.4. The van der Waals surface area contributed by atoms with E-state index in [-0.39, 0.29) is 12.0 Å². The number of aromatic nitrogens is 4. The van der Waals surface area contributed by atoms with Crippen LogP contribution in [0.15, 0.2) is 59.3 Å². The smallest absolute Gasteiger partial charge is 0.306 e. The van der Waals surface area contributed by atoms with Crippen LogP contribution in [-0.4, -0.2) is 37.3 Å². The maximum atomic E-state index is 11.3. The van der Waals surface area contributed by atoms with E-state index in [1.807, 2.05) is 62.4 Å². The summed E-state index contributed by atoms with van der Waals surface area (Å²) in [5.41, 5.74) is 4.99. The Balaban J connectivity index is 1.28. The van der Waals surface area contributed by atoms with Gasteiger partial charge in [-0.15, -0.1) is 0 Å². The van der Waals surface area contributed by atoms with Gasteiger partial charge in [0.15, 0.2) is 5.76 Å². The Hall–Kier alpha value is -4.27. The van der Waals surface area contributed by atoms with Gasteiger partial charge in [0.1, 0.15) is 11.4 Å². The van der Waals surface area contributed by atoms with Crippen LogP contribution in [0.25, 0.3) is 22.7 Å². The summed E-state index contributed by atoms with van der Waals surface area (Å²) in [5, 5.41) is 16.8. The zero-order valence-corrected chi connectivity index (χ0v) is 20.8. The molecule has 1 fully saturated rings. The van der Waals surface area contributed by atoms with Gasteiger partial charge in [-0.05, 0) is 57.7 Å². The third-order valence-electron chi connectivity index (χ3n) is 6.58. The predicted octanol–water partition coefficient (Wildman–Crippen LogP) is 5.44. The molecule has 1 aromatic carbocycles. The van der Waals surface area contributed by atoms with Crippen molar-refractivity contribution in [3.8, 4) is 28.5 Å². The normalized spacial score (nSPS) is 17.4. The second kappa shape index (κ2) is 10.8. The summed E-state index contributed by atoms with van der Waals surface area (Å²) in [6.45, 7) is 4.24. The number of hydrogen-bond donors (Lipinski definition) is 2. The molecule has 1 aliphatic carbocycles. The Labute approximate surface area is 214 Å². The molecule has 0 spiro atoms. The highest BCUT2D eigenvalue weighted by Crippen LogP contribution is 2.30. The van der Waals surface area contributed by atoms with Gasteiger partial charge in [-0.3, -0.25) is 4.79 Å². The molecule has 9 nitrogen and oxygen atoms in total. The molecule has 0 amide bonds. The minimum absolute atomic E-state index is 0.120. The molecule has 37 heavy (non-hydrogen) atoms. The standard InChI is InChI=1S/C28H29N5O4/c1-17-13-25(19-7-4-3-5-8-19)32-28(31-17)30-16-23-18(2)33-37-26(23)24-12-11-22(15-29-24)36-21-10-6-9-20(14-21)27(34)35/h3-5,7-8,11-13,15,20-21H,6,9-10,14,16H2,1-2H3,(H,34,35)(H,30,31,32)/t20-,21-/m0/s1. The summed E-state index contributed by atoms with van der Waals surface area (Å²) in [6.07, 6.45) is 4.43. The van der Waals surface area contributed by atoms with Crippen LogP contribution in [0.1, 0.15) is 42.6 Å². The molecule has 0 saturated heterocycles. The number of ether oxygens (including phenoxy) is 1. The fourth-order valence-electron chi connectivity index (χ4n) is 4.62. The van der Waals surface area contributed by atoms with Crippen molar-refractivity contribution in [3.05, 3.63) is 71.7 Å². The number of carboxylic acids is 1. The Kier molecular flexibility index (Phi) is 7.11. The molecule has 0 unspecified atom stereocenters. The fraction of sp³-hybridized carbons (Fsp3) is 0.321. The Morgan fingerprint density at radius 2 is 1.95 bits per heavy atom. The predicted molar refractivity (Wildman–Crippen MR) is 138 cm³/mol. The molecule has 5 rings (SSSR count). The van der Waals surface area contributed by atoms with Crippen LogP contribution in [-0.2, 0) is 11.3 Å². The highest BCUT2D eigenvalue weighted by Gasteiger charge is 2.28. The van der Waals surface area contributed by atoms with Crippen LogP contribution in [0, 0.1) is 19.8 Å². The van der Waals surface area contributed by atoms with Crippen molar-refractivity contribution in [2.45, 2.75) is 52.2 Å². The van der Waals surface area contributed by atoms with E-state index in [0.717, 1.165) is 41.1 Å².